The van der Waals surface area contributed by atoms with Crippen LogP contribution in [0.2, 0.25) is 0 Å². The van der Waals surface area contributed by atoms with Crippen molar-refractivity contribution in [1.29, 1.82) is 0 Å². The number of hydrogen-bond donors (Lipinski definition) is 0. The molecular formula is C9H11O11P. The van der Waals surface area contributed by atoms with E-state index in [1.807, 2.05) is 0 Å². The predicted molar refractivity (Wildman–Crippen MR) is 62.0 cm³/mol. The summed E-state index contributed by atoms with van der Waals surface area (Å²) >= 11 is 0. The van der Waals surface area contributed by atoms with E-state index in [0.717, 1.165) is 7.11 Å². The van der Waals surface area contributed by atoms with E-state index in [2.05, 4.69) is 22.8 Å². The first kappa shape index (κ1) is 18.4. The fourth-order valence-corrected chi connectivity index (χ4v) is 2.91. The summed E-state index contributed by atoms with van der Waals surface area (Å²) in [5, 5.41) is 0. The molecule has 0 heterocycles. The first-order valence-corrected chi connectivity index (χ1v) is 7.13. The summed E-state index contributed by atoms with van der Waals surface area (Å²) in [5.41, 5.74) is 0. The zero-order chi connectivity index (χ0) is 16.4. The Hall–Kier alpha value is -2.55. The van der Waals surface area contributed by atoms with Crippen LogP contribution in [-0.2, 0) is 51.6 Å². The third-order valence-corrected chi connectivity index (χ3v) is 4.69. The van der Waals surface area contributed by atoms with Crippen LogP contribution in [-0.4, -0.2) is 50.9 Å². The summed E-state index contributed by atoms with van der Waals surface area (Å²) in [6.07, 6.45) is -2.01. The average Bonchev–Trinajstić information content (AvgIpc) is 2.39. The number of aldehydes is 1. The number of esters is 1. The van der Waals surface area contributed by atoms with Crippen LogP contribution in [0.15, 0.2) is 0 Å². The molecule has 0 fully saturated rings. The van der Waals surface area contributed by atoms with Crippen molar-refractivity contribution < 1.29 is 51.6 Å². The van der Waals surface area contributed by atoms with E-state index in [-0.39, 0.29) is 25.7 Å². The van der Waals surface area contributed by atoms with Crippen LogP contribution in [0.25, 0.3) is 0 Å². The number of methoxy groups -OCH3 is 1. The summed E-state index contributed by atoms with van der Waals surface area (Å²) < 4.78 is 21.8. The standard InChI is InChI=1S/C9H11O11P/c1-16-8(14)4-9(15)20-21(3-2-10,17-5-11,18-6-12)19-7-13/h2,5-7H,3-4H2,1H3. The fraction of sp³-hybridized carbons (Fsp3) is 0.333. The average molecular weight is 326 g/mol. The van der Waals surface area contributed by atoms with Gasteiger partial charge in [0.25, 0.3) is 0 Å². The van der Waals surface area contributed by atoms with Crippen LogP contribution in [0, 0.1) is 0 Å². The molecule has 0 aromatic carbocycles. The van der Waals surface area contributed by atoms with Gasteiger partial charge < -0.3 is 0 Å². The van der Waals surface area contributed by atoms with Gasteiger partial charge >= 0.3 is 116 Å². The molecule has 0 aliphatic rings. The van der Waals surface area contributed by atoms with Crippen molar-refractivity contribution in [3.63, 3.8) is 0 Å². The molecule has 0 amide bonds. The molecule has 0 saturated heterocycles. The maximum atomic E-state index is 11.5. The molecule has 12 heteroatoms. The van der Waals surface area contributed by atoms with E-state index in [1.165, 1.54) is 0 Å². The van der Waals surface area contributed by atoms with Gasteiger partial charge in [0.1, 0.15) is 0 Å². The normalized spacial score (nSPS) is 11.8. The number of hydrogen-bond acceptors (Lipinski definition) is 11. The second-order valence-corrected chi connectivity index (χ2v) is 6.24. The van der Waals surface area contributed by atoms with Crippen LogP contribution >= 0.6 is 7.51 Å². The van der Waals surface area contributed by atoms with Crippen LogP contribution < -0.4 is 0 Å². The number of carbonyl (C=O) groups excluding carboxylic acids is 6. The van der Waals surface area contributed by atoms with Crippen molar-refractivity contribution in [3.05, 3.63) is 0 Å². The van der Waals surface area contributed by atoms with Gasteiger partial charge in [-0.1, -0.05) is 0 Å². The minimum atomic E-state index is -5.51. The molecule has 0 aliphatic carbocycles. The second-order valence-electron chi connectivity index (χ2n) is 3.13. The van der Waals surface area contributed by atoms with Gasteiger partial charge in [-0.25, -0.2) is 0 Å². The molecule has 0 unspecified atom stereocenters. The zero-order valence-corrected chi connectivity index (χ0v) is 11.6. The van der Waals surface area contributed by atoms with Crippen molar-refractivity contribution in [1.82, 2.24) is 0 Å². The molecule has 0 aromatic rings. The molecule has 118 valence electrons. The van der Waals surface area contributed by atoms with Gasteiger partial charge in [0.15, 0.2) is 0 Å². The van der Waals surface area contributed by atoms with Crippen molar-refractivity contribution in [2.75, 3.05) is 13.3 Å². The minimum absolute atomic E-state index is 0.0275. The molecule has 0 spiro atoms. The van der Waals surface area contributed by atoms with Gasteiger partial charge in [-0.05, 0) is 0 Å². The molecule has 0 saturated carbocycles. The van der Waals surface area contributed by atoms with E-state index < -0.39 is 32.0 Å². The number of carbonyl (C=O) groups is 6. The van der Waals surface area contributed by atoms with E-state index in [1.54, 1.807) is 0 Å². The van der Waals surface area contributed by atoms with E-state index in [9.17, 15) is 28.8 Å². The molecule has 0 aliphatic heterocycles. The summed E-state index contributed by atoms with van der Waals surface area (Å²) in [4.78, 5) is 64.7. The van der Waals surface area contributed by atoms with E-state index in [0.29, 0.717) is 0 Å². The Morgan fingerprint density at radius 2 is 1.38 bits per heavy atom. The summed E-state index contributed by atoms with van der Waals surface area (Å²) in [6, 6.07) is 0. The second kappa shape index (κ2) is 7.90. The topological polar surface area (TPSA) is 149 Å². The van der Waals surface area contributed by atoms with Gasteiger partial charge in [0, 0.05) is 0 Å². The van der Waals surface area contributed by atoms with Crippen LogP contribution in [0.5, 0.6) is 0 Å². The Morgan fingerprint density at radius 3 is 1.71 bits per heavy atom. The first-order chi connectivity index (χ1) is 9.90. The van der Waals surface area contributed by atoms with Crippen LogP contribution in [0.1, 0.15) is 6.42 Å². The molecule has 0 aromatic heterocycles. The SMILES string of the molecule is COC(=O)CC(=O)OP(CC=O)(OC=O)(OC=O)OC=O. The van der Waals surface area contributed by atoms with Gasteiger partial charge in [-0.3, -0.25) is 0 Å². The monoisotopic (exact) mass is 326 g/mol. The molecule has 0 rings (SSSR count). The van der Waals surface area contributed by atoms with E-state index >= 15 is 0 Å². The Bertz CT molecular complexity index is 393. The van der Waals surface area contributed by atoms with Gasteiger partial charge in [0.2, 0.25) is 0 Å². The molecule has 0 N–H and O–H groups in total. The fourth-order valence-electron chi connectivity index (χ4n) is 1.10. The molecule has 0 bridgehead atoms. The Balaban J connectivity index is 5.61. The quantitative estimate of drug-likeness (QED) is 0.199. The summed E-state index contributed by atoms with van der Waals surface area (Å²) in [6.45, 7) is -1.04. The van der Waals surface area contributed by atoms with Gasteiger partial charge in [-0.15, -0.1) is 0 Å². The maximum absolute atomic E-state index is 11.5. The Labute approximate surface area is 117 Å². The van der Waals surface area contributed by atoms with Crippen molar-refractivity contribution in [2.45, 2.75) is 6.42 Å². The van der Waals surface area contributed by atoms with Crippen LogP contribution in [0.4, 0.5) is 0 Å². The third-order valence-electron chi connectivity index (χ3n) is 1.91. The summed E-state index contributed by atoms with van der Waals surface area (Å²) in [7, 11) is -4.53. The van der Waals surface area contributed by atoms with E-state index in [4.69, 9.17) is 0 Å². The first-order valence-electron chi connectivity index (χ1n) is 5.04. The summed E-state index contributed by atoms with van der Waals surface area (Å²) in [5.74, 6) is -2.45. The molecular weight excluding hydrogens is 315 g/mol. The van der Waals surface area contributed by atoms with Crippen LogP contribution in [0.3, 0.4) is 0 Å². The molecule has 11 nitrogen and oxygen atoms in total. The predicted octanol–water partition coefficient (Wildman–Crippen LogP) is -0.976. The zero-order valence-electron chi connectivity index (χ0n) is 10.7. The molecule has 0 atom stereocenters. The van der Waals surface area contributed by atoms with Crippen molar-refractivity contribution >= 4 is 45.2 Å². The number of ether oxygens (including phenoxy) is 1. The Morgan fingerprint density at radius 1 is 0.905 bits per heavy atom. The van der Waals surface area contributed by atoms with Crippen molar-refractivity contribution in [3.8, 4) is 0 Å². The molecule has 21 heavy (non-hydrogen) atoms. The van der Waals surface area contributed by atoms with Crippen molar-refractivity contribution in [2.24, 2.45) is 0 Å². The Kier molecular flexibility index (Phi) is 6.94. The third kappa shape index (κ3) is 4.80. The van der Waals surface area contributed by atoms with Gasteiger partial charge in [0.05, 0.1) is 0 Å². The molecule has 0 radical (unpaired) electrons. The van der Waals surface area contributed by atoms with Gasteiger partial charge in [-0.2, -0.15) is 0 Å². The number of rotatable bonds is 11.